The molecule has 1 aliphatic rings. The second kappa shape index (κ2) is 6.53. The van der Waals surface area contributed by atoms with Gasteiger partial charge in [0.15, 0.2) is 0 Å². The zero-order valence-electron chi connectivity index (χ0n) is 11.8. The molecule has 0 spiro atoms. The summed E-state index contributed by atoms with van der Waals surface area (Å²) in [6.07, 6.45) is 3.31. The summed E-state index contributed by atoms with van der Waals surface area (Å²) >= 11 is 3.55. The van der Waals surface area contributed by atoms with Crippen molar-refractivity contribution in [1.29, 1.82) is 0 Å². The van der Waals surface area contributed by atoms with Crippen LogP contribution in [0.3, 0.4) is 0 Å². The van der Waals surface area contributed by atoms with Gasteiger partial charge in [0.25, 0.3) is 0 Å². The third kappa shape index (κ3) is 3.57. The predicted molar refractivity (Wildman–Crippen MR) is 82.7 cm³/mol. The number of ether oxygens (including phenoxy) is 1. The van der Waals surface area contributed by atoms with E-state index >= 15 is 0 Å². The lowest BCUT2D eigenvalue weighted by Crippen LogP contribution is -2.16. The quantitative estimate of drug-likeness (QED) is 0.613. The SMILES string of the molecule is COCCCC1Cc2ccc(Br)cc2C1=NN(C)C. The molecule has 3 nitrogen and oxygen atoms in total. The van der Waals surface area contributed by atoms with Gasteiger partial charge < -0.3 is 9.75 Å². The standard InChI is InChI=1S/C15H21BrN2O/c1-18(2)17-15-12(5-4-8-19-3)9-11-6-7-13(16)10-14(11)15/h6-7,10,12H,4-5,8-9H2,1-3H3. The summed E-state index contributed by atoms with van der Waals surface area (Å²) in [6.45, 7) is 0.825. The summed E-state index contributed by atoms with van der Waals surface area (Å²) in [4.78, 5) is 0. The van der Waals surface area contributed by atoms with Crippen molar-refractivity contribution in [2.75, 3.05) is 27.8 Å². The van der Waals surface area contributed by atoms with E-state index in [2.05, 4.69) is 34.1 Å². The summed E-state index contributed by atoms with van der Waals surface area (Å²) in [5, 5.41) is 6.60. The van der Waals surface area contributed by atoms with E-state index in [1.165, 1.54) is 16.8 Å². The van der Waals surface area contributed by atoms with Crippen LogP contribution in [-0.4, -0.2) is 38.5 Å². The molecule has 0 saturated carbocycles. The summed E-state index contributed by atoms with van der Waals surface area (Å²) in [7, 11) is 5.72. The van der Waals surface area contributed by atoms with Gasteiger partial charge in [-0.05, 0) is 37.0 Å². The number of methoxy groups -OCH3 is 1. The van der Waals surface area contributed by atoms with E-state index in [1.54, 1.807) is 7.11 Å². The van der Waals surface area contributed by atoms with E-state index in [-0.39, 0.29) is 0 Å². The van der Waals surface area contributed by atoms with Crippen LogP contribution in [0.2, 0.25) is 0 Å². The first-order valence-electron chi connectivity index (χ1n) is 6.65. The van der Waals surface area contributed by atoms with Gasteiger partial charge in [-0.1, -0.05) is 22.0 Å². The van der Waals surface area contributed by atoms with E-state index in [4.69, 9.17) is 9.84 Å². The van der Waals surface area contributed by atoms with E-state index in [9.17, 15) is 0 Å². The molecule has 0 heterocycles. The van der Waals surface area contributed by atoms with Crippen molar-refractivity contribution >= 4 is 21.6 Å². The van der Waals surface area contributed by atoms with Gasteiger partial charge in [-0.2, -0.15) is 5.10 Å². The molecule has 1 aliphatic carbocycles. The van der Waals surface area contributed by atoms with Crippen LogP contribution in [0.5, 0.6) is 0 Å². The Labute approximate surface area is 123 Å². The van der Waals surface area contributed by atoms with Crippen LogP contribution in [0.15, 0.2) is 27.8 Å². The maximum Gasteiger partial charge on any atom is 0.0714 e. The Morgan fingerprint density at radius 1 is 1.42 bits per heavy atom. The average Bonchev–Trinajstić information content (AvgIpc) is 2.67. The van der Waals surface area contributed by atoms with Crippen LogP contribution in [0.4, 0.5) is 0 Å². The minimum Gasteiger partial charge on any atom is -0.385 e. The molecule has 4 heteroatoms. The molecular weight excluding hydrogens is 304 g/mol. The summed E-state index contributed by atoms with van der Waals surface area (Å²) < 4.78 is 6.28. The van der Waals surface area contributed by atoms with Crippen molar-refractivity contribution in [3.8, 4) is 0 Å². The lowest BCUT2D eigenvalue weighted by atomic mass is 9.98. The Morgan fingerprint density at radius 3 is 2.89 bits per heavy atom. The molecule has 2 rings (SSSR count). The van der Waals surface area contributed by atoms with Gasteiger partial charge in [-0.3, -0.25) is 0 Å². The fourth-order valence-corrected chi connectivity index (χ4v) is 2.97. The van der Waals surface area contributed by atoms with E-state index in [0.717, 1.165) is 30.3 Å². The predicted octanol–water partition coefficient (Wildman–Crippen LogP) is 3.31. The topological polar surface area (TPSA) is 24.8 Å². The molecule has 1 aromatic rings. The highest BCUT2D eigenvalue weighted by Crippen LogP contribution is 2.32. The third-order valence-corrected chi connectivity index (χ3v) is 3.90. The van der Waals surface area contributed by atoms with Crippen LogP contribution in [0.1, 0.15) is 24.0 Å². The Bertz CT molecular complexity index is 471. The van der Waals surface area contributed by atoms with Crippen LogP contribution in [0, 0.1) is 5.92 Å². The number of fused-ring (bicyclic) bond motifs is 1. The van der Waals surface area contributed by atoms with Gasteiger partial charge in [0.05, 0.1) is 5.71 Å². The summed E-state index contributed by atoms with van der Waals surface area (Å²) in [6, 6.07) is 6.51. The lowest BCUT2D eigenvalue weighted by Gasteiger charge is -2.14. The van der Waals surface area contributed by atoms with Gasteiger partial charge in [-0.15, -0.1) is 0 Å². The van der Waals surface area contributed by atoms with Gasteiger partial charge in [0.1, 0.15) is 0 Å². The number of halogens is 1. The fourth-order valence-electron chi connectivity index (χ4n) is 2.61. The van der Waals surface area contributed by atoms with Crippen LogP contribution >= 0.6 is 15.9 Å². The molecule has 0 fully saturated rings. The Kier molecular flexibility index (Phi) is 4.99. The highest BCUT2D eigenvalue weighted by molar-refractivity contribution is 9.10. The minimum absolute atomic E-state index is 0.516. The summed E-state index contributed by atoms with van der Waals surface area (Å²) in [5.74, 6) is 0.516. The molecule has 0 aromatic heterocycles. The second-order valence-electron chi connectivity index (χ2n) is 5.17. The smallest absolute Gasteiger partial charge is 0.0714 e. The molecule has 0 saturated heterocycles. The van der Waals surface area contributed by atoms with E-state index < -0.39 is 0 Å². The maximum atomic E-state index is 5.16. The monoisotopic (exact) mass is 324 g/mol. The van der Waals surface area contributed by atoms with Crippen molar-refractivity contribution in [2.24, 2.45) is 11.0 Å². The van der Waals surface area contributed by atoms with Crippen LogP contribution < -0.4 is 0 Å². The second-order valence-corrected chi connectivity index (χ2v) is 6.09. The first kappa shape index (κ1) is 14.5. The average molecular weight is 325 g/mol. The van der Waals surface area contributed by atoms with Gasteiger partial charge >= 0.3 is 0 Å². The minimum atomic E-state index is 0.516. The maximum absolute atomic E-state index is 5.16. The lowest BCUT2D eigenvalue weighted by molar-refractivity contribution is 0.190. The molecule has 104 valence electrons. The number of hydrogen-bond acceptors (Lipinski definition) is 3. The van der Waals surface area contributed by atoms with Crippen molar-refractivity contribution in [3.05, 3.63) is 33.8 Å². The third-order valence-electron chi connectivity index (χ3n) is 3.41. The molecule has 0 amide bonds. The zero-order valence-corrected chi connectivity index (χ0v) is 13.4. The number of benzene rings is 1. The van der Waals surface area contributed by atoms with Crippen molar-refractivity contribution in [1.82, 2.24) is 5.01 Å². The summed E-state index contributed by atoms with van der Waals surface area (Å²) in [5.41, 5.74) is 3.93. The van der Waals surface area contributed by atoms with Gasteiger partial charge in [-0.25, -0.2) is 0 Å². The van der Waals surface area contributed by atoms with E-state index in [0.29, 0.717) is 5.92 Å². The van der Waals surface area contributed by atoms with E-state index in [1.807, 2.05) is 19.1 Å². The fraction of sp³-hybridized carbons (Fsp3) is 0.533. The molecule has 1 unspecified atom stereocenters. The number of hydrazone groups is 1. The zero-order chi connectivity index (χ0) is 13.8. The normalized spacial score (nSPS) is 19.8. The van der Waals surface area contributed by atoms with Crippen LogP contribution in [-0.2, 0) is 11.2 Å². The highest BCUT2D eigenvalue weighted by Gasteiger charge is 2.28. The van der Waals surface area contributed by atoms with Gasteiger partial charge in [0.2, 0.25) is 0 Å². The van der Waals surface area contributed by atoms with Gasteiger partial charge in [0, 0.05) is 43.8 Å². The Morgan fingerprint density at radius 2 is 2.21 bits per heavy atom. The molecule has 1 atom stereocenters. The molecule has 1 aromatic carbocycles. The Balaban J connectivity index is 2.23. The first-order valence-corrected chi connectivity index (χ1v) is 7.44. The number of nitrogens with zero attached hydrogens (tertiary/aromatic N) is 2. The van der Waals surface area contributed by atoms with Crippen molar-refractivity contribution in [3.63, 3.8) is 0 Å². The van der Waals surface area contributed by atoms with Crippen LogP contribution in [0.25, 0.3) is 0 Å². The molecular formula is C15H21BrN2O. The molecule has 0 N–H and O–H groups in total. The van der Waals surface area contributed by atoms with Crippen molar-refractivity contribution < 1.29 is 4.74 Å². The molecule has 0 aliphatic heterocycles. The molecule has 0 radical (unpaired) electrons. The Hall–Kier alpha value is -0.870. The van der Waals surface area contributed by atoms with Crippen molar-refractivity contribution in [2.45, 2.75) is 19.3 Å². The molecule has 19 heavy (non-hydrogen) atoms. The number of hydrogen-bond donors (Lipinski definition) is 0. The first-order chi connectivity index (χ1) is 9.11. The largest absolute Gasteiger partial charge is 0.385 e. The number of rotatable bonds is 5. The molecule has 0 bridgehead atoms. The highest BCUT2D eigenvalue weighted by atomic mass is 79.9.